The van der Waals surface area contributed by atoms with E-state index < -0.39 is 30.1 Å². The average molecular weight is 632 g/mol. The van der Waals surface area contributed by atoms with E-state index in [1.54, 1.807) is 19.1 Å². The molecule has 5 amide bonds. The minimum absolute atomic E-state index is 0.0877. The maximum atomic E-state index is 13.5. The van der Waals surface area contributed by atoms with Gasteiger partial charge in [0.1, 0.15) is 18.1 Å². The molecule has 0 spiro atoms. The van der Waals surface area contributed by atoms with Gasteiger partial charge >= 0.3 is 0 Å². The lowest BCUT2D eigenvalue weighted by Crippen LogP contribution is -2.58. The first-order valence-corrected chi connectivity index (χ1v) is 16.4. The Morgan fingerprint density at radius 1 is 0.756 bits per heavy atom. The Bertz CT molecular complexity index is 1080. The molecular weight excluding hydrogens is 574 g/mol. The third kappa shape index (κ3) is 14.0. The molecule has 254 valence electrons. The van der Waals surface area contributed by atoms with Gasteiger partial charge in [0.2, 0.25) is 23.6 Å². The molecule has 1 rings (SSSR count). The number of amides is 5. The normalized spacial score (nSPS) is 15.3. The topological polar surface area (TPSA) is 170 Å². The van der Waals surface area contributed by atoms with Crippen molar-refractivity contribution in [3.05, 3.63) is 30.1 Å². The van der Waals surface area contributed by atoms with Crippen LogP contribution in [-0.4, -0.2) is 77.8 Å². The fraction of sp³-hybridized carbons (Fsp3) is 0.697. The molecule has 0 saturated carbocycles. The highest BCUT2D eigenvalue weighted by atomic mass is 16.2. The van der Waals surface area contributed by atoms with E-state index in [1.807, 2.05) is 55.4 Å². The lowest BCUT2D eigenvalue weighted by Gasteiger charge is -2.29. The quantitative estimate of drug-likeness (QED) is 0.128. The highest BCUT2D eigenvalue weighted by Crippen LogP contribution is 2.12. The molecule has 0 aliphatic carbocycles. The number of carbonyl (C=O) groups is 5. The van der Waals surface area contributed by atoms with Gasteiger partial charge in [-0.3, -0.25) is 29.0 Å². The van der Waals surface area contributed by atoms with Crippen molar-refractivity contribution in [1.29, 1.82) is 0 Å². The maximum absolute atomic E-state index is 13.5. The second-order valence-corrected chi connectivity index (χ2v) is 12.5. The Kier molecular flexibility index (Phi) is 18.0. The standard InChI is InChI=1S/C33H57N7O5/c1-10-13-26(38-33(45)28(22(8)11-2)40-30(42)24-14-16-34-17-15-24)31(43)37-25(18-20(4)5)19-36-23(9)29(41)39-27(21(6)7)32(44)35-12-3/h14-17,20-23,25-28,36H,10-13,18-19H2,1-9H3,(H,35,44)(H,37,43)(H,38,45)(H,39,41)(H,40,42)/t22-,23-,25-,26-,27-,28-/m0/s1. The van der Waals surface area contributed by atoms with Crippen molar-refractivity contribution >= 4 is 29.5 Å². The van der Waals surface area contributed by atoms with Crippen LogP contribution in [-0.2, 0) is 19.2 Å². The minimum atomic E-state index is -0.829. The van der Waals surface area contributed by atoms with Gasteiger partial charge in [-0.1, -0.05) is 61.3 Å². The number of rotatable bonds is 20. The van der Waals surface area contributed by atoms with Crippen LogP contribution in [0.25, 0.3) is 0 Å². The summed E-state index contributed by atoms with van der Waals surface area (Å²) in [5.74, 6) is -1.68. The Morgan fingerprint density at radius 3 is 1.93 bits per heavy atom. The second-order valence-electron chi connectivity index (χ2n) is 12.5. The minimum Gasteiger partial charge on any atom is -0.355 e. The number of hydrogen-bond acceptors (Lipinski definition) is 7. The summed E-state index contributed by atoms with van der Waals surface area (Å²) >= 11 is 0. The molecule has 45 heavy (non-hydrogen) atoms. The fourth-order valence-corrected chi connectivity index (χ4v) is 4.82. The molecule has 6 atom stereocenters. The van der Waals surface area contributed by atoms with Gasteiger partial charge < -0.3 is 31.9 Å². The Morgan fingerprint density at radius 2 is 1.40 bits per heavy atom. The van der Waals surface area contributed by atoms with Gasteiger partial charge in [0.25, 0.3) is 5.91 Å². The molecule has 0 aliphatic rings. The molecule has 0 bridgehead atoms. The van der Waals surface area contributed by atoms with E-state index in [1.165, 1.54) is 12.4 Å². The number of nitrogens with zero attached hydrogens (tertiary/aromatic N) is 1. The fourth-order valence-electron chi connectivity index (χ4n) is 4.82. The summed E-state index contributed by atoms with van der Waals surface area (Å²) in [6, 6.07) is -0.0553. The zero-order valence-electron chi connectivity index (χ0n) is 28.7. The molecule has 0 unspecified atom stereocenters. The van der Waals surface area contributed by atoms with E-state index in [2.05, 4.69) is 36.9 Å². The van der Waals surface area contributed by atoms with Crippen LogP contribution in [0.4, 0.5) is 0 Å². The highest BCUT2D eigenvalue weighted by molar-refractivity contribution is 5.98. The summed E-state index contributed by atoms with van der Waals surface area (Å²) < 4.78 is 0. The molecule has 1 aromatic heterocycles. The molecule has 12 heteroatoms. The number of pyridine rings is 1. The first-order valence-electron chi connectivity index (χ1n) is 16.4. The molecule has 0 aliphatic heterocycles. The number of nitrogens with one attached hydrogen (secondary N) is 6. The summed E-state index contributed by atoms with van der Waals surface area (Å²) in [5, 5.41) is 17.6. The van der Waals surface area contributed by atoms with Gasteiger partial charge in [0.15, 0.2) is 0 Å². The first kappa shape index (κ1) is 39.5. The third-order valence-electron chi connectivity index (χ3n) is 7.70. The highest BCUT2D eigenvalue weighted by Gasteiger charge is 2.31. The lowest BCUT2D eigenvalue weighted by molar-refractivity contribution is -0.131. The van der Waals surface area contributed by atoms with Crippen LogP contribution in [0.5, 0.6) is 0 Å². The van der Waals surface area contributed by atoms with E-state index in [-0.39, 0.29) is 47.4 Å². The predicted octanol–water partition coefficient (Wildman–Crippen LogP) is 2.30. The monoisotopic (exact) mass is 631 g/mol. The van der Waals surface area contributed by atoms with Crippen molar-refractivity contribution in [3.8, 4) is 0 Å². The lowest BCUT2D eigenvalue weighted by atomic mass is 9.97. The molecule has 12 nitrogen and oxygen atoms in total. The molecule has 0 saturated heterocycles. The van der Waals surface area contributed by atoms with E-state index in [9.17, 15) is 24.0 Å². The SMILES string of the molecule is CCC[C@H](NC(=O)[C@@H](NC(=O)c1ccncc1)[C@@H](C)CC)C(=O)N[C@H](CN[C@@H](C)C(=O)N[C@H](C(=O)NCC)C(C)C)CC(C)C. The van der Waals surface area contributed by atoms with Crippen LogP contribution in [0.3, 0.4) is 0 Å². The number of hydrogen-bond donors (Lipinski definition) is 6. The number of carbonyl (C=O) groups excluding carboxylic acids is 5. The summed E-state index contributed by atoms with van der Waals surface area (Å²) in [6.45, 7) is 17.9. The van der Waals surface area contributed by atoms with Crippen LogP contribution < -0.4 is 31.9 Å². The molecule has 1 heterocycles. The zero-order valence-corrected chi connectivity index (χ0v) is 28.7. The largest absolute Gasteiger partial charge is 0.355 e. The van der Waals surface area contributed by atoms with E-state index in [0.29, 0.717) is 44.3 Å². The predicted molar refractivity (Wildman–Crippen MR) is 176 cm³/mol. The number of aromatic nitrogens is 1. The van der Waals surface area contributed by atoms with Crippen LogP contribution >= 0.6 is 0 Å². The first-order chi connectivity index (χ1) is 21.2. The van der Waals surface area contributed by atoms with Gasteiger partial charge in [-0.05, 0) is 56.6 Å². The third-order valence-corrected chi connectivity index (χ3v) is 7.70. The van der Waals surface area contributed by atoms with Crippen molar-refractivity contribution in [2.24, 2.45) is 17.8 Å². The van der Waals surface area contributed by atoms with E-state index in [0.717, 1.165) is 0 Å². The van der Waals surface area contributed by atoms with Crippen molar-refractivity contribution in [2.75, 3.05) is 13.1 Å². The van der Waals surface area contributed by atoms with Crippen molar-refractivity contribution < 1.29 is 24.0 Å². The average Bonchev–Trinajstić information content (AvgIpc) is 3.00. The van der Waals surface area contributed by atoms with Crippen molar-refractivity contribution in [2.45, 2.75) is 118 Å². The van der Waals surface area contributed by atoms with Crippen molar-refractivity contribution in [1.82, 2.24) is 36.9 Å². The zero-order chi connectivity index (χ0) is 34.1. The van der Waals surface area contributed by atoms with E-state index in [4.69, 9.17) is 0 Å². The van der Waals surface area contributed by atoms with Gasteiger partial charge in [0.05, 0.1) is 6.04 Å². The molecule has 0 radical (unpaired) electrons. The molecule has 0 fully saturated rings. The van der Waals surface area contributed by atoms with Crippen molar-refractivity contribution in [3.63, 3.8) is 0 Å². The molecule has 6 N–H and O–H groups in total. The van der Waals surface area contributed by atoms with E-state index >= 15 is 0 Å². The van der Waals surface area contributed by atoms with Crippen LogP contribution in [0.1, 0.15) is 98.4 Å². The molecule has 1 aromatic rings. The van der Waals surface area contributed by atoms with Crippen LogP contribution in [0.2, 0.25) is 0 Å². The van der Waals surface area contributed by atoms with Gasteiger partial charge in [0, 0.05) is 37.1 Å². The van der Waals surface area contributed by atoms with Gasteiger partial charge in [-0.2, -0.15) is 0 Å². The molecule has 0 aromatic carbocycles. The summed E-state index contributed by atoms with van der Waals surface area (Å²) in [5.41, 5.74) is 0.393. The number of likely N-dealkylation sites (N-methyl/N-ethyl adjacent to an activating group) is 1. The second kappa shape index (κ2) is 20.5. The Balaban J connectivity index is 2.96. The Hall–Kier alpha value is -3.54. The van der Waals surface area contributed by atoms with Gasteiger partial charge in [-0.15, -0.1) is 0 Å². The summed E-state index contributed by atoms with van der Waals surface area (Å²) in [6.07, 6.45) is 5.39. The van der Waals surface area contributed by atoms with Crippen LogP contribution in [0.15, 0.2) is 24.5 Å². The maximum Gasteiger partial charge on any atom is 0.252 e. The smallest absolute Gasteiger partial charge is 0.252 e. The Labute approximate surface area is 269 Å². The molecular formula is C33H57N7O5. The summed E-state index contributed by atoms with van der Waals surface area (Å²) in [7, 11) is 0. The van der Waals surface area contributed by atoms with Crippen LogP contribution in [0, 0.1) is 17.8 Å². The summed E-state index contributed by atoms with van der Waals surface area (Å²) in [4.78, 5) is 69.1. The van der Waals surface area contributed by atoms with Gasteiger partial charge in [-0.25, -0.2) is 0 Å².